The van der Waals surface area contributed by atoms with Gasteiger partial charge in [0.1, 0.15) is 17.6 Å². The van der Waals surface area contributed by atoms with E-state index in [1.54, 1.807) is 0 Å². The molecule has 0 bridgehead atoms. The predicted molar refractivity (Wildman–Crippen MR) is 47.8 cm³/mol. The van der Waals surface area contributed by atoms with Gasteiger partial charge in [-0.2, -0.15) is 0 Å². The van der Waals surface area contributed by atoms with Crippen LogP contribution in [0.25, 0.3) is 0 Å². The van der Waals surface area contributed by atoms with Crippen LogP contribution in [0.5, 0.6) is 0 Å². The Hall–Kier alpha value is 0.190. The molecule has 0 spiro atoms. The third-order valence-electron chi connectivity index (χ3n) is 1.47. The predicted octanol–water partition coefficient (Wildman–Crippen LogP) is -0.840. The summed E-state index contributed by atoms with van der Waals surface area (Å²) >= 11 is 1.12. The Morgan fingerprint density at radius 2 is 1.58 bits per heavy atom. The van der Waals surface area contributed by atoms with Crippen molar-refractivity contribution in [3.8, 4) is 0 Å². The van der Waals surface area contributed by atoms with Crippen molar-refractivity contribution in [2.24, 2.45) is 0 Å². The van der Waals surface area contributed by atoms with Crippen molar-refractivity contribution in [3.05, 3.63) is 0 Å². The van der Waals surface area contributed by atoms with Crippen molar-refractivity contribution >= 4 is 11.8 Å². The summed E-state index contributed by atoms with van der Waals surface area (Å²) in [6, 6.07) is 0. The molecule has 0 heterocycles. The van der Waals surface area contributed by atoms with Gasteiger partial charge >= 0.3 is 0 Å². The van der Waals surface area contributed by atoms with E-state index in [1.807, 2.05) is 6.92 Å². The zero-order valence-electron chi connectivity index (χ0n) is 7.21. The topological polar surface area (TPSA) is 80.9 Å². The molecule has 4 N–H and O–H groups in total. The average Bonchev–Trinajstić information content (AvgIpc) is 2.02. The highest BCUT2D eigenvalue weighted by Gasteiger charge is 2.27. The van der Waals surface area contributed by atoms with Crippen LogP contribution in [0.2, 0.25) is 0 Å². The molecule has 0 aliphatic rings. The van der Waals surface area contributed by atoms with Crippen molar-refractivity contribution in [2.75, 3.05) is 5.75 Å². The fourth-order valence-corrected chi connectivity index (χ4v) is 1.42. The minimum atomic E-state index is -1.30. The Kier molecular flexibility index (Phi) is 5.86. The summed E-state index contributed by atoms with van der Waals surface area (Å²) < 4.78 is 0. The molecule has 0 amide bonds. The van der Waals surface area contributed by atoms with E-state index in [4.69, 9.17) is 10.2 Å². The molecule has 0 aliphatic heterocycles. The highest BCUT2D eigenvalue weighted by Crippen LogP contribution is 2.15. The number of aliphatic hydroxyl groups excluding tert-OH is 4. The number of rotatable bonds is 5. The normalized spacial score (nSPS) is 21.5. The molecule has 5 heteroatoms. The van der Waals surface area contributed by atoms with Gasteiger partial charge < -0.3 is 20.4 Å². The molecule has 4 atom stereocenters. The first kappa shape index (κ1) is 12.2. The van der Waals surface area contributed by atoms with Crippen molar-refractivity contribution in [1.82, 2.24) is 0 Å². The minimum Gasteiger partial charge on any atom is -0.391 e. The molecule has 0 aromatic heterocycles. The second-order valence-electron chi connectivity index (χ2n) is 2.57. The maximum atomic E-state index is 9.21. The standard InChI is InChI=1S/C7H16O4S/c1-3-12-7(11)6(10)5(9)4(2)8/h4-11H,3H2,1-2H3. The van der Waals surface area contributed by atoms with Gasteiger partial charge in [0.2, 0.25) is 0 Å². The van der Waals surface area contributed by atoms with Gasteiger partial charge in [-0.05, 0) is 12.7 Å². The van der Waals surface area contributed by atoms with Crippen LogP contribution in [-0.2, 0) is 0 Å². The minimum absolute atomic E-state index is 0.644. The van der Waals surface area contributed by atoms with E-state index in [2.05, 4.69) is 0 Å². The molecular formula is C7H16O4S. The summed E-state index contributed by atoms with van der Waals surface area (Å²) in [5.41, 5.74) is -1.04. The van der Waals surface area contributed by atoms with Crippen molar-refractivity contribution in [3.63, 3.8) is 0 Å². The summed E-state index contributed by atoms with van der Waals surface area (Å²) in [7, 11) is 0. The van der Waals surface area contributed by atoms with Crippen LogP contribution in [0, 0.1) is 0 Å². The summed E-state index contributed by atoms with van der Waals surface area (Å²) in [6.45, 7) is 3.19. The molecule has 0 fully saturated rings. The lowest BCUT2D eigenvalue weighted by molar-refractivity contribution is -0.0780. The Bertz CT molecular complexity index is 120. The molecule has 0 saturated carbocycles. The van der Waals surface area contributed by atoms with Crippen molar-refractivity contribution in [2.45, 2.75) is 37.6 Å². The molecule has 0 aliphatic carbocycles. The Morgan fingerprint density at radius 1 is 1.08 bits per heavy atom. The van der Waals surface area contributed by atoms with Crippen LogP contribution in [0.15, 0.2) is 0 Å². The van der Waals surface area contributed by atoms with Gasteiger partial charge in [0, 0.05) is 0 Å². The van der Waals surface area contributed by atoms with E-state index < -0.39 is 23.7 Å². The van der Waals surface area contributed by atoms with Crippen LogP contribution < -0.4 is 0 Å². The van der Waals surface area contributed by atoms with Gasteiger partial charge in [-0.1, -0.05) is 6.92 Å². The van der Waals surface area contributed by atoms with Crippen LogP contribution in [0.1, 0.15) is 13.8 Å². The lowest BCUT2D eigenvalue weighted by Crippen LogP contribution is -2.42. The maximum Gasteiger partial charge on any atom is 0.128 e. The molecular weight excluding hydrogens is 180 g/mol. The fourth-order valence-electron chi connectivity index (χ4n) is 0.723. The Labute approximate surface area is 76.2 Å². The monoisotopic (exact) mass is 196 g/mol. The number of thioether (sulfide) groups is 1. The molecule has 12 heavy (non-hydrogen) atoms. The first-order valence-electron chi connectivity index (χ1n) is 3.84. The summed E-state index contributed by atoms with van der Waals surface area (Å²) in [5, 5.41) is 36.4. The molecule has 0 aromatic rings. The van der Waals surface area contributed by atoms with Crippen molar-refractivity contribution in [1.29, 1.82) is 0 Å². The lowest BCUT2D eigenvalue weighted by Gasteiger charge is -2.23. The van der Waals surface area contributed by atoms with Crippen LogP contribution in [0.4, 0.5) is 0 Å². The molecule has 4 nitrogen and oxygen atoms in total. The van der Waals surface area contributed by atoms with E-state index in [0.717, 1.165) is 11.8 Å². The highest BCUT2D eigenvalue weighted by atomic mass is 32.2. The van der Waals surface area contributed by atoms with Crippen LogP contribution in [0.3, 0.4) is 0 Å². The maximum absolute atomic E-state index is 9.21. The van der Waals surface area contributed by atoms with Crippen LogP contribution in [-0.4, -0.2) is 49.9 Å². The highest BCUT2D eigenvalue weighted by molar-refractivity contribution is 7.99. The SMILES string of the molecule is CCSC(O)C(O)C(O)C(C)O. The van der Waals surface area contributed by atoms with E-state index in [1.165, 1.54) is 6.92 Å². The van der Waals surface area contributed by atoms with Gasteiger partial charge in [-0.15, -0.1) is 11.8 Å². The third kappa shape index (κ3) is 3.73. The summed E-state index contributed by atoms with van der Waals surface area (Å²) in [4.78, 5) is 0. The van der Waals surface area contributed by atoms with Gasteiger partial charge in [0.25, 0.3) is 0 Å². The fraction of sp³-hybridized carbons (Fsp3) is 1.00. The largest absolute Gasteiger partial charge is 0.391 e. The van der Waals surface area contributed by atoms with E-state index in [9.17, 15) is 10.2 Å². The summed E-state index contributed by atoms with van der Waals surface area (Å²) in [5.74, 6) is 0.644. The average molecular weight is 196 g/mol. The smallest absolute Gasteiger partial charge is 0.128 e. The molecule has 0 aromatic carbocycles. The van der Waals surface area contributed by atoms with Crippen LogP contribution >= 0.6 is 11.8 Å². The first-order chi connectivity index (χ1) is 5.50. The molecule has 0 radical (unpaired) electrons. The molecule has 0 rings (SSSR count). The Balaban J connectivity index is 3.90. The Morgan fingerprint density at radius 3 is 1.92 bits per heavy atom. The second-order valence-corrected chi connectivity index (χ2v) is 3.96. The zero-order valence-corrected chi connectivity index (χ0v) is 8.03. The van der Waals surface area contributed by atoms with E-state index in [0.29, 0.717) is 5.75 Å². The quantitative estimate of drug-likeness (QED) is 0.431. The van der Waals surface area contributed by atoms with Crippen molar-refractivity contribution < 1.29 is 20.4 Å². The first-order valence-corrected chi connectivity index (χ1v) is 4.89. The molecule has 0 saturated heterocycles. The molecule has 74 valence electrons. The van der Waals surface area contributed by atoms with E-state index in [-0.39, 0.29) is 0 Å². The second kappa shape index (κ2) is 5.77. The van der Waals surface area contributed by atoms with Gasteiger partial charge in [-0.25, -0.2) is 0 Å². The van der Waals surface area contributed by atoms with Gasteiger partial charge in [0.05, 0.1) is 6.10 Å². The summed E-state index contributed by atoms with van der Waals surface area (Å²) in [6.07, 6.45) is -3.62. The van der Waals surface area contributed by atoms with E-state index >= 15 is 0 Å². The number of hydrogen-bond acceptors (Lipinski definition) is 5. The lowest BCUT2D eigenvalue weighted by atomic mass is 10.1. The van der Waals surface area contributed by atoms with Gasteiger partial charge in [0.15, 0.2) is 0 Å². The van der Waals surface area contributed by atoms with Gasteiger partial charge in [-0.3, -0.25) is 0 Å². The number of hydrogen-bond donors (Lipinski definition) is 4. The molecule has 4 unspecified atom stereocenters. The number of aliphatic hydroxyl groups is 4. The zero-order chi connectivity index (χ0) is 9.72. The third-order valence-corrected chi connectivity index (χ3v) is 2.43.